The number of halogens is 2. The van der Waals surface area contributed by atoms with E-state index in [1.165, 1.54) is 0 Å². The molecule has 0 bridgehead atoms. The first-order chi connectivity index (χ1) is 6.50. The van der Waals surface area contributed by atoms with Crippen LogP contribution in [-0.2, 0) is 4.79 Å². The number of rotatable bonds is 2. The van der Waals surface area contributed by atoms with E-state index in [4.69, 9.17) is 17.3 Å². The number of aryl methyl sites for hydroxylation is 1. The fraction of sp³-hybridized carbons (Fsp3) is 0.300. The highest BCUT2D eigenvalue weighted by Gasteiger charge is 2.09. The molecular formula is C10H14Cl2N2O. The van der Waals surface area contributed by atoms with Gasteiger partial charge in [-0.05, 0) is 31.5 Å². The van der Waals surface area contributed by atoms with Gasteiger partial charge in [-0.2, -0.15) is 0 Å². The largest absolute Gasteiger partial charge is 0.323 e. The van der Waals surface area contributed by atoms with Gasteiger partial charge < -0.3 is 11.1 Å². The van der Waals surface area contributed by atoms with Crippen molar-refractivity contribution in [3.63, 3.8) is 0 Å². The van der Waals surface area contributed by atoms with Crippen LogP contribution in [0, 0.1) is 6.92 Å². The van der Waals surface area contributed by atoms with Gasteiger partial charge in [0.15, 0.2) is 0 Å². The number of hydrogen-bond donors (Lipinski definition) is 2. The maximum atomic E-state index is 11.3. The number of amides is 1. The summed E-state index contributed by atoms with van der Waals surface area (Å²) >= 11 is 5.89. The lowest BCUT2D eigenvalue weighted by Crippen LogP contribution is -2.32. The summed E-state index contributed by atoms with van der Waals surface area (Å²) in [6.07, 6.45) is 0. The first kappa shape index (κ1) is 14.2. The first-order valence-corrected chi connectivity index (χ1v) is 4.71. The Kier molecular flexibility index (Phi) is 5.65. The van der Waals surface area contributed by atoms with Crippen LogP contribution in [0.5, 0.6) is 0 Å². The smallest absolute Gasteiger partial charge is 0.241 e. The van der Waals surface area contributed by atoms with Gasteiger partial charge in [-0.3, -0.25) is 4.79 Å². The van der Waals surface area contributed by atoms with Crippen molar-refractivity contribution in [1.29, 1.82) is 0 Å². The van der Waals surface area contributed by atoms with Crippen molar-refractivity contribution in [3.8, 4) is 0 Å². The second kappa shape index (κ2) is 5.95. The van der Waals surface area contributed by atoms with E-state index in [0.717, 1.165) is 5.56 Å². The second-order valence-corrected chi connectivity index (χ2v) is 3.67. The summed E-state index contributed by atoms with van der Waals surface area (Å²) in [6, 6.07) is 4.90. The zero-order valence-corrected chi connectivity index (χ0v) is 10.2. The molecule has 84 valence electrons. The van der Waals surface area contributed by atoms with Crippen LogP contribution in [0.25, 0.3) is 0 Å². The Hall–Kier alpha value is -0.770. The summed E-state index contributed by atoms with van der Waals surface area (Å²) in [4.78, 5) is 11.3. The van der Waals surface area contributed by atoms with E-state index < -0.39 is 6.04 Å². The van der Waals surface area contributed by atoms with Gasteiger partial charge in [0.2, 0.25) is 5.91 Å². The van der Waals surface area contributed by atoms with Gasteiger partial charge in [0.1, 0.15) is 0 Å². The lowest BCUT2D eigenvalue weighted by atomic mass is 10.2. The summed E-state index contributed by atoms with van der Waals surface area (Å²) in [5, 5.41) is 3.17. The molecule has 15 heavy (non-hydrogen) atoms. The van der Waals surface area contributed by atoms with E-state index in [2.05, 4.69) is 5.32 Å². The molecule has 0 radical (unpaired) electrons. The number of anilines is 1. The Balaban J connectivity index is 0.00000196. The molecular weight excluding hydrogens is 235 g/mol. The summed E-state index contributed by atoms with van der Waals surface area (Å²) in [6.45, 7) is 3.55. The summed E-state index contributed by atoms with van der Waals surface area (Å²) in [5.41, 5.74) is 7.06. The summed E-state index contributed by atoms with van der Waals surface area (Å²) < 4.78 is 0. The number of benzene rings is 1. The molecule has 0 aliphatic carbocycles. The number of nitrogens with one attached hydrogen (secondary N) is 1. The van der Waals surface area contributed by atoms with Crippen LogP contribution in [0.15, 0.2) is 18.2 Å². The Labute approximate surface area is 100 Å². The highest BCUT2D eigenvalue weighted by atomic mass is 35.5. The van der Waals surface area contributed by atoms with E-state index in [0.29, 0.717) is 10.7 Å². The van der Waals surface area contributed by atoms with Crippen LogP contribution in [-0.4, -0.2) is 11.9 Å². The SMILES string of the molecule is Cc1ccc(Cl)c(NC(=O)[C@@H](C)N)c1.Cl. The van der Waals surface area contributed by atoms with Gasteiger partial charge in [-0.25, -0.2) is 0 Å². The molecule has 1 atom stereocenters. The van der Waals surface area contributed by atoms with Gasteiger partial charge in [0.05, 0.1) is 16.8 Å². The molecule has 0 aromatic heterocycles. The highest BCUT2D eigenvalue weighted by molar-refractivity contribution is 6.33. The monoisotopic (exact) mass is 248 g/mol. The van der Waals surface area contributed by atoms with E-state index >= 15 is 0 Å². The number of hydrogen-bond acceptors (Lipinski definition) is 2. The van der Waals surface area contributed by atoms with E-state index in [9.17, 15) is 4.79 Å². The third kappa shape index (κ3) is 4.08. The molecule has 0 spiro atoms. The molecule has 0 aliphatic rings. The number of nitrogens with two attached hydrogens (primary N) is 1. The van der Waals surface area contributed by atoms with Gasteiger partial charge in [0, 0.05) is 0 Å². The van der Waals surface area contributed by atoms with Gasteiger partial charge in [-0.1, -0.05) is 17.7 Å². The minimum atomic E-state index is -0.536. The Bertz CT molecular complexity index is 353. The number of carbonyl (C=O) groups excluding carboxylic acids is 1. The van der Waals surface area contributed by atoms with Crippen LogP contribution in [0.3, 0.4) is 0 Å². The van der Waals surface area contributed by atoms with Gasteiger partial charge >= 0.3 is 0 Å². The normalized spacial score (nSPS) is 11.5. The van der Waals surface area contributed by atoms with Gasteiger partial charge in [-0.15, -0.1) is 12.4 Å². The van der Waals surface area contributed by atoms with E-state index in [-0.39, 0.29) is 18.3 Å². The minimum absolute atomic E-state index is 0. The zero-order valence-electron chi connectivity index (χ0n) is 8.58. The third-order valence-electron chi connectivity index (χ3n) is 1.79. The standard InChI is InChI=1S/C10H13ClN2O.ClH/c1-6-3-4-8(11)9(5-6)13-10(14)7(2)12;/h3-5,7H,12H2,1-2H3,(H,13,14);1H/t7-;/m1./s1. The van der Waals surface area contributed by atoms with Crippen molar-refractivity contribution < 1.29 is 4.79 Å². The molecule has 5 heteroatoms. The van der Waals surface area contributed by atoms with Crippen molar-refractivity contribution in [1.82, 2.24) is 0 Å². The van der Waals surface area contributed by atoms with E-state index in [1.807, 2.05) is 19.1 Å². The molecule has 1 amide bonds. The molecule has 1 aromatic rings. The molecule has 3 N–H and O–H groups in total. The van der Waals surface area contributed by atoms with Crippen LogP contribution >= 0.6 is 24.0 Å². The Morgan fingerprint density at radius 1 is 1.53 bits per heavy atom. The maximum Gasteiger partial charge on any atom is 0.241 e. The van der Waals surface area contributed by atoms with Crippen molar-refractivity contribution in [3.05, 3.63) is 28.8 Å². The third-order valence-corrected chi connectivity index (χ3v) is 2.12. The van der Waals surface area contributed by atoms with E-state index in [1.54, 1.807) is 13.0 Å². The predicted octanol–water partition coefficient (Wildman–Crippen LogP) is 2.36. The fourth-order valence-corrected chi connectivity index (χ4v) is 1.15. The van der Waals surface area contributed by atoms with Crippen molar-refractivity contribution in [2.24, 2.45) is 5.73 Å². The molecule has 0 aliphatic heterocycles. The van der Waals surface area contributed by atoms with Crippen molar-refractivity contribution in [2.45, 2.75) is 19.9 Å². The average molecular weight is 249 g/mol. The minimum Gasteiger partial charge on any atom is -0.323 e. The quantitative estimate of drug-likeness (QED) is 0.845. The molecule has 1 rings (SSSR count). The number of carbonyl (C=O) groups is 1. The van der Waals surface area contributed by atoms with Crippen LogP contribution < -0.4 is 11.1 Å². The maximum absolute atomic E-state index is 11.3. The lowest BCUT2D eigenvalue weighted by Gasteiger charge is -2.09. The second-order valence-electron chi connectivity index (χ2n) is 3.26. The molecule has 1 aromatic carbocycles. The van der Waals surface area contributed by atoms with Crippen LogP contribution in [0.1, 0.15) is 12.5 Å². The molecule has 0 unspecified atom stereocenters. The first-order valence-electron chi connectivity index (χ1n) is 4.33. The molecule has 0 heterocycles. The summed E-state index contributed by atoms with van der Waals surface area (Å²) in [7, 11) is 0. The van der Waals surface area contributed by atoms with Gasteiger partial charge in [0.25, 0.3) is 0 Å². The van der Waals surface area contributed by atoms with Crippen LogP contribution in [0.4, 0.5) is 5.69 Å². The van der Waals surface area contributed by atoms with Crippen molar-refractivity contribution in [2.75, 3.05) is 5.32 Å². The molecule has 0 saturated carbocycles. The topological polar surface area (TPSA) is 55.1 Å². The molecule has 3 nitrogen and oxygen atoms in total. The predicted molar refractivity (Wildman–Crippen MR) is 65.7 cm³/mol. The Morgan fingerprint density at radius 3 is 2.67 bits per heavy atom. The molecule has 0 saturated heterocycles. The zero-order chi connectivity index (χ0) is 10.7. The molecule has 0 fully saturated rings. The van der Waals surface area contributed by atoms with Crippen LogP contribution in [0.2, 0.25) is 5.02 Å². The summed E-state index contributed by atoms with van der Waals surface area (Å²) in [5.74, 6) is -0.238. The lowest BCUT2D eigenvalue weighted by molar-refractivity contribution is -0.117. The van der Waals surface area contributed by atoms with Crippen molar-refractivity contribution >= 4 is 35.6 Å². The Morgan fingerprint density at radius 2 is 2.13 bits per heavy atom. The highest BCUT2D eigenvalue weighted by Crippen LogP contribution is 2.22. The average Bonchev–Trinajstić information content (AvgIpc) is 2.11. The fourth-order valence-electron chi connectivity index (χ4n) is 0.981.